The van der Waals surface area contributed by atoms with E-state index in [4.69, 9.17) is 5.73 Å². The molecule has 0 aliphatic carbocycles. The number of hydrogen-bond acceptors (Lipinski definition) is 6. The maximum Gasteiger partial charge on any atom is 0.224 e. The van der Waals surface area contributed by atoms with Crippen LogP contribution < -0.4 is 11.1 Å². The van der Waals surface area contributed by atoms with Crippen LogP contribution in [0.1, 0.15) is 0 Å². The summed E-state index contributed by atoms with van der Waals surface area (Å²) in [5.41, 5.74) is 7.34. The van der Waals surface area contributed by atoms with E-state index in [0.29, 0.717) is 11.6 Å². The van der Waals surface area contributed by atoms with Crippen LogP contribution in [0.15, 0.2) is 30.3 Å². The Hall–Kier alpha value is -2.70. The molecule has 0 radical (unpaired) electrons. The molecular formula is C11H11N7. The van der Waals surface area contributed by atoms with Crippen molar-refractivity contribution in [3.8, 4) is 5.82 Å². The SMILES string of the molecule is CNc1cc(-n2nnc3ccccc32)nc(N)n1. The Kier molecular flexibility index (Phi) is 2.30. The van der Waals surface area contributed by atoms with E-state index in [-0.39, 0.29) is 5.95 Å². The third-order valence-corrected chi connectivity index (χ3v) is 2.55. The molecule has 0 unspecified atom stereocenters. The van der Waals surface area contributed by atoms with Gasteiger partial charge in [0.2, 0.25) is 5.95 Å². The zero-order valence-electron chi connectivity index (χ0n) is 9.70. The fraction of sp³-hybridized carbons (Fsp3) is 0.0909. The van der Waals surface area contributed by atoms with Gasteiger partial charge in [-0.15, -0.1) is 5.10 Å². The molecule has 2 heterocycles. The van der Waals surface area contributed by atoms with Crippen LogP contribution in [-0.4, -0.2) is 32.0 Å². The molecule has 3 N–H and O–H groups in total. The van der Waals surface area contributed by atoms with Gasteiger partial charge in [-0.2, -0.15) is 14.6 Å². The molecule has 90 valence electrons. The van der Waals surface area contributed by atoms with E-state index in [2.05, 4.69) is 25.6 Å². The molecule has 0 bridgehead atoms. The summed E-state index contributed by atoms with van der Waals surface area (Å²) in [6.07, 6.45) is 0. The van der Waals surface area contributed by atoms with Gasteiger partial charge in [0.25, 0.3) is 0 Å². The third-order valence-electron chi connectivity index (χ3n) is 2.55. The average molecular weight is 241 g/mol. The molecule has 0 aliphatic heterocycles. The lowest BCUT2D eigenvalue weighted by atomic mass is 10.3. The molecule has 0 saturated heterocycles. The number of nitrogens with one attached hydrogen (secondary N) is 1. The second kappa shape index (κ2) is 3.95. The molecular weight excluding hydrogens is 230 g/mol. The van der Waals surface area contributed by atoms with Crippen molar-refractivity contribution in [3.05, 3.63) is 30.3 Å². The Bertz CT molecular complexity index is 703. The Morgan fingerprint density at radius 3 is 2.89 bits per heavy atom. The van der Waals surface area contributed by atoms with Gasteiger partial charge >= 0.3 is 0 Å². The van der Waals surface area contributed by atoms with Crippen molar-refractivity contribution in [2.24, 2.45) is 0 Å². The number of para-hydroxylation sites is 1. The first-order valence-electron chi connectivity index (χ1n) is 5.41. The van der Waals surface area contributed by atoms with Crippen molar-refractivity contribution in [2.75, 3.05) is 18.1 Å². The Morgan fingerprint density at radius 2 is 2.06 bits per heavy atom. The van der Waals surface area contributed by atoms with Gasteiger partial charge in [-0.1, -0.05) is 17.3 Å². The molecule has 0 fully saturated rings. The van der Waals surface area contributed by atoms with Gasteiger partial charge in [-0.3, -0.25) is 0 Å². The number of benzene rings is 1. The molecule has 0 atom stereocenters. The van der Waals surface area contributed by atoms with E-state index in [1.807, 2.05) is 24.3 Å². The lowest BCUT2D eigenvalue weighted by molar-refractivity contribution is 0.799. The molecule has 2 aromatic heterocycles. The van der Waals surface area contributed by atoms with Crippen LogP contribution >= 0.6 is 0 Å². The predicted molar refractivity (Wildman–Crippen MR) is 68.4 cm³/mol. The number of hydrogen-bond donors (Lipinski definition) is 2. The van der Waals surface area contributed by atoms with Crippen LogP contribution in [0.4, 0.5) is 11.8 Å². The average Bonchev–Trinajstić information content (AvgIpc) is 2.81. The topological polar surface area (TPSA) is 94.5 Å². The van der Waals surface area contributed by atoms with E-state index in [9.17, 15) is 0 Å². The zero-order valence-corrected chi connectivity index (χ0v) is 9.70. The number of nitrogen functional groups attached to an aromatic ring is 1. The Balaban J connectivity index is 2.22. The monoisotopic (exact) mass is 241 g/mol. The summed E-state index contributed by atoms with van der Waals surface area (Å²) in [7, 11) is 1.77. The molecule has 7 nitrogen and oxygen atoms in total. The van der Waals surface area contributed by atoms with E-state index in [0.717, 1.165) is 11.0 Å². The molecule has 0 aliphatic rings. The van der Waals surface area contributed by atoms with Crippen LogP contribution in [-0.2, 0) is 0 Å². The molecule has 0 saturated carbocycles. The third kappa shape index (κ3) is 1.61. The van der Waals surface area contributed by atoms with Crippen molar-refractivity contribution < 1.29 is 0 Å². The predicted octanol–water partition coefficient (Wildman–Crippen LogP) is 0.834. The molecule has 3 aromatic rings. The molecule has 0 amide bonds. The highest BCUT2D eigenvalue weighted by Gasteiger charge is 2.09. The highest BCUT2D eigenvalue weighted by molar-refractivity contribution is 5.75. The summed E-state index contributed by atoms with van der Waals surface area (Å²) in [4.78, 5) is 8.20. The molecule has 18 heavy (non-hydrogen) atoms. The zero-order chi connectivity index (χ0) is 12.5. The largest absolute Gasteiger partial charge is 0.373 e. The Morgan fingerprint density at radius 1 is 1.22 bits per heavy atom. The second-order valence-electron chi connectivity index (χ2n) is 3.71. The van der Waals surface area contributed by atoms with Gasteiger partial charge in [0, 0.05) is 13.1 Å². The van der Waals surface area contributed by atoms with Crippen LogP contribution in [0.5, 0.6) is 0 Å². The summed E-state index contributed by atoms with van der Waals surface area (Å²) in [6, 6.07) is 9.41. The van der Waals surface area contributed by atoms with Crippen LogP contribution in [0.25, 0.3) is 16.9 Å². The fourth-order valence-corrected chi connectivity index (χ4v) is 1.73. The summed E-state index contributed by atoms with van der Waals surface area (Å²) < 4.78 is 1.63. The standard InChI is InChI=1S/C11H11N7/c1-13-9-6-10(15-11(12)14-9)18-8-5-3-2-4-7(8)16-17-18/h2-6H,1H3,(H3,12,13,14,15). The number of rotatable bonds is 2. The first kappa shape index (κ1) is 10.5. The fourth-order valence-electron chi connectivity index (χ4n) is 1.73. The maximum absolute atomic E-state index is 5.66. The van der Waals surface area contributed by atoms with E-state index < -0.39 is 0 Å². The summed E-state index contributed by atoms with van der Waals surface area (Å²) in [5.74, 6) is 1.41. The van der Waals surface area contributed by atoms with Crippen molar-refractivity contribution in [1.82, 2.24) is 25.0 Å². The maximum atomic E-state index is 5.66. The molecule has 7 heteroatoms. The van der Waals surface area contributed by atoms with Crippen molar-refractivity contribution in [2.45, 2.75) is 0 Å². The molecule has 0 spiro atoms. The van der Waals surface area contributed by atoms with Gasteiger partial charge in [0.05, 0.1) is 5.52 Å². The van der Waals surface area contributed by atoms with Crippen LogP contribution in [0.2, 0.25) is 0 Å². The molecule has 1 aromatic carbocycles. The summed E-state index contributed by atoms with van der Waals surface area (Å²) in [5, 5.41) is 11.1. The molecule has 3 rings (SSSR count). The second-order valence-corrected chi connectivity index (χ2v) is 3.71. The van der Waals surface area contributed by atoms with Crippen molar-refractivity contribution in [1.29, 1.82) is 0 Å². The normalized spacial score (nSPS) is 10.7. The number of nitrogens with zero attached hydrogens (tertiary/aromatic N) is 5. The van der Waals surface area contributed by atoms with E-state index >= 15 is 0 Å². The van der Waals surface area contributed by atoms with Crippen LogP contribution in [0, 0.1) is 0 Å². The van der Waals surface area contributed by atoms with Gasteiger partial charge in [0.15, 0.2) is 5.82 Å². The summed E-state index contributed by atoms with van der Waals surface area (Å²) in [6.45, 7) is 0. The van der Waals surface area contributed by atoms with Gasteiger partial charge in [-0.25, -0.2) is 0 Å². The van der Waals surface area contributed by atoms with E-state index in [1.165, 1.54) is 0 Å². The first-order chi connectivity index (χ1) is 8.78. The minimum atomic E-state index is 0.191. The lowest BCUT2D eigenvalue weighted by Crippen LogP contribution is -2.06. The van der Waals surface area contributed by atoms with Gasteiger partial charge in [0.1, 0.15) is 11.3 Å². The van der Waals surface area contributed by atoms with Gasteiger partial charge in [-0.05, 0) is 12.1 Å². The van der Waals surface area contributed by atoms with Gasteiger partial charge < -0.3 is 11.1 Å². The highest BCUT2D eigenvalue weighted by atomic mass is 15.4. The number of aromatic nitrogens is 5. The smallest absolute Gasteiger partial charge is 0.224 e. The van der Waals surface area contributed by atoms with Crippen LogP contribution in [0.3, 0.4) is 0 Å². The van der Waals surface area contributed by atoms with E-state index in [1.54, 1.807) is 17.8 Å². The number of anilines is 2. The minimum Gasteiger partial charge on any atom is -0.373 e. The van der Waals surface area contributed by atoms with Crippen molar-refractivity contribution in [3.63, 3.8) is 0 Å². The first-order valence-corrected chi connectivity index (χ1v) is 5.41. The summed E-state index contributed by atoms with van der Waals surface area (Å²) >= 11 is 0. The Labute approximate surface area is 103 Å². The minimum absolute atomic E-state index is 0.191. The lowest BCUT2D eigenvalue weighted by Gasteiger charge is -2.05. The van der Waals surface area contributed by atoms with Crippen molar-refractivity contribution >= 4 is 22.8 Å². The quantitative estimate of drug-likeness (QED) is 0.690. The highest BCUT2D eigenvalue weighted by Crippen LogP contribution is 2.16. The number of fused-ring (bicyclic) bond motifs is 1. The number of nitrogens with two attached hydrogens (primary N) is 1.